The van der Waals surface area contributed by atoms with E-state index in [0.29, 0.717) is 12.2 Å². The van der Waals surface area contributed by atoms with E-state index in [9.17, 15) is 4.79 Å². The molecule has 3 aromatic rings. The molecule has 1 N–H and O–H groups in total. The van der Waals surface area contributed by atoms with Crippen molar-refractivity contribution >= 4 is 23.2 Å². The normalized spacial score (nSPS) is 14.0. The molecule has 0 bridgehead atoms. The molecule has 1 aliphatic heterocycles. The molecule has 1 amide bonds. The molecule has 2 aromatic carbocycles. The summed E-state index contributed by atoms with van der Waals surface area (Å²) in [5.74, 6) is 1.31. The Morgan fingerprint density at radius 1 is 0.931 bits per heavy atom. The standard InChI is InChI=1S/C23H25N5O/c1-18-6-5-7-19(14-18)15-23(29)26-21-16-22(25-17-24-21)28-12-10-27(11-13-28)20-8-3-2-4-9-20/h2-9,14,16-17H,10-13,15H2,1H3,(H,24,25,26,29). The molecule has 148 valence electrons. The van der Waals surface area contributed by atoms with Crippen LogP contribution in [0.5, 0.6) is 0 Å². The van der Waals surface area contributed by atoms with E-state index in [1.807, 2.05) is 43.3 Å². The Kier molecular flexibility index (Phi) is 5.70. The second kappa shape index (κ2) is 8.73. The number of para-hydroxylation sites is 1. The van der Waals surface area contributed by atoms with Crippen molar-refractivity contribution < 1.29 is 4.79 Å². The monoisotopic (exact) mass is 387 g/mol. The summed E-state index contributed by atoms with van der Waals surface area (Å²) >= 11 is 0. The molecule has 0 radical (unpaired) electrons. The van der Waals surface area contributed by atoms with Crippen LogP contribution in [0.15, 0.2) is 67.0 Å². The van der Waals surface area contributed by atoms with Crippen molar-refractivity contribution in [1.29, 1.82) is 0 Å². The molecule has 0 saturated carbocycles. The van der Waals surface area contributed by atoms with Crippen LogP contribution < -0.4 is 15.1 Å². The number of hydrogen-bond acceptors (Lipinski definition) is 5. The van der Waals surface area contributed by atoms with Gasteiger partial charge in [-0.2, -0.15) is 0 Å². The lowest BCUT2D eigenvalue weighted by Gasteiger charge is -2.36. The highest BCUT2D eigenvalue weighted by Crippen LogP contribution is 2.20. The topological polar surface area (TPSA) is 61.4 Å². The smallest absolute Gasteiger partial charge is 0.229 e. The molecule has 2 heterocycles. The van der Waals surface area contributed by atoms with Gasteiger partial charge in [0.15, 0.2) is 0 Å². The van der Waals surface area contributed by atoms with Crippen LogP contribution in [0.3, 0.4) is 0 Å². The van der Waals surface area contributed by atoms with E-state index in [1.165, 1.54) is 12.0 Å². The van der Waals surface area contributed by atoms with Crippen LogP contribution in [0.1, 0.15) is 11.1 Å². The summed E-state index contributed by atoms with van der Waals surface area (Å²) in [4.78, 5) is 25.6. The molecule has 29 heavy (non-hydrogen) atoms. The zero-order valence-electron chi connectivity index (χ0n) is 16.6. The maximum Gasteiger partial charge on any atom is 0.229 e. The molecular formula is C23H25N5O. The van der Waals surface area contributed by atoms with Gasteiger partial charge in [-0.1, -0.05) is 48.0 Å². The second-order valence-corrected chi connectivity index (χ2v) is 7.29. The van der Waals surface area contributed by atoms with Crippen molar-refractivity contribution in [2.24, 2.45) is 0 Å². The molecule has 6 nitrogen and oxygen atoms in total. The molecule has 1 aliphatic rings. The van der Waals surface area contributed by atoms with Gasteiger partial charge in [0.25, 0.3) is 0 Å². The summed E-state index contributed by atoms with van der Waals surface area (Å²) < 4.78 is 0. The Morgan fingerprint density at radius 2 is 1.69 bits per heavy atom. The van der Waals surface area contributed by atoms with Gasteiger partial charge in [-0.15, -0.1) is 0 Å². The highest BCUT2D eigenvalue weighted by molar-refractivity contribution is 5.91. The number of nitrogens with one attached hydrogen (secondary N) is 1. The highest BCUT2D eigenvalue weighted by atomic mass is 16.1. The summed E-state index contributed by atoms with van der Waals surface area (Å²) in [5.41, 5.74) is 3.39. The lowest BCUT2D eigenvalue weighted by atomic mass is 10.1. The lowest BCUT2D eigenvalue weighted by Crippen LogP contribution is -2.46. The van der Waals surface area contributed by atoms with E-state index in [4.69, 9.17) is 0 Å². The number of carbonyl (C=O) groups is 1. The van der Waals surface area contributed by atoms with E-state index in [1.54, 1.807) is 0 Å². The summed E-state index contributed by atoms with van der Waals surface area (Å²) in [7, 11) is 0. The van der Waals surface area contributed by atoms with Crippen molar-refractivity contribution in [3.8, 4) is 0 Å². The Labute approximate surface area is 171 Å². The zero-order valence-corrected chi connectivity index (χ0v) is 16.6. The third-order valence-electron chi connectivity index (χ3n) is 5.09. The number of rotatable bonds is 5. The fourth-order valence-electron chi connectivity index (χ4n) is 3.62. The van der Waals surface area contributed by atoms with Crippen LogP contribution in [0.4, 0.5) is 17.3 Å². The number of benzene rings is 2. The van der Waals surface area contributed by atoms with Gasteiger partial charge in [0.2, 0.25) is 5.91 Å². The number of aryl methyl sites for hydroxylation is 1. The SMILES string of the molecule is Cc1cccc(CC(=O)Nc2cc(N3CCN(c4ccccc4)CC3)ncn2)c1. The van der Waals surface area contributed by atoms with E-state index in [2.05, 4.69) is 49.4 Å². The van der Waals surface area contributed by atoms with Gasteiger partial charge in [0.05, 0.1) is 6.42 Å². The largest absolute Gasteiger partial charge is 0.368 e. The van der Waals surface area contributed by atoms with Crippen LogP contribution in [0, 0.1) is 6.92 Å². The van der Waals surface area contributed by atoms with E-state index in [-0.39, 0.29) is 5.91 Å². The average molecular weight is 387 g/mol. The first-order valence-electron chi connectivity index (χ1n) is 9.90. The van der Waals surface area contributed by atoms with Crippen LogP contribution in [-0.4, -0.2) is 42.1 Å². The zero-order chi connectivity index (χ0) is 20.1. The minimum Gasteiger partial charge on any atom is -0.368 e. The minimum atomic E-state index is -0.0749. The number of amides is 1. The lowest BCUT2D eigenvalue weighted by molar-refractivity contribution is -0.115. The van der Waals surface area contributed by atoms with Crippen LogP contribution in [-0.2, 0) is 11.2 Å². The highest BCUT2D eigenvalue weighted by Gasteiger charge is 2.19. The number of piperazine rings is 1. The first-order chi connectivity index (χ1) is 14.2. The number of carbonyl (C=O) groups excluding carboxylic acids is 1. The fourth-order valence-corrected chi connectivity index (χ4v) is 3.62. The van der Waals surface area contributed by atoms with Gasteiger partial charge in [-0.3, -0.25) is 4.79 Å². The van der Waals surface area contributed by atoms with E-state index >= 15 is 0 Å². The third-order valence-corrected chi connectivity index (χ3v) is 5.09. The predicted molar refractivity (Wildman–Crippen MR) is 116 cm³/mol. The van der Waals surface area contributed by atoms with Crippen molar-refractivity contribution in [1.82, 2.24) is 9.97 Å². The molecule has 0 spiro atoms. The number of anilines is 3. The Balaban J connectivity index is 1.36. The molecule has 1 saturated heterocycles. The Morgan fingerprint density at radius 3 is 2.45 bits per heavy atom. The second-order valence-electron chi connectivity index (χ2n) is 7.29. The van der Waals surface area contributed by atoms with Crippen molar-refractivity contribution in [2.75, 3.05) is 41.3 Å². The van der Waals surface area contributed by atoms with Gasteiger partial charge in [0, 0.05) is 37.9 Å². The molecule has 0 aliphatic carbocycles. The first-order valence-corrected chi connectivity index (χ1v) is 9.90. The minimum absolute atomic E-state index is 0.0749. The maximum atomic E-state index is 12.4. The molecule has 6 heteroatoms. The summed E-state index contributed by atoms with van der Waals surface area (Å²) in [6, 6.07) is 20.3. The first kappa shape index (κ1) is 18.9. The number of hydrogen-bond donors (Lipinski definition) is 1. The number of aromatic nitrogens is 2. The van der Waals surface area contributed by atoms with Gasteiger partial charge in [-0.05, 0) is 24.6 Å². The van der Waals surface area contributed by atoms with Gasteiger partial charge in [-0.25, -0.2) is 9.97 Å². The van der Waals surface area contributed by atoms with Gasteiger partial charge < -0.3 is 15.1 Å². The van der Waals surface area contributed by atoms with Crippen molar-refractivity contribution in [2.45, 2.75) is 13.3 Å². The third kappa shape index (κ3) is 4.90. The molecule has 0 unspecified atom stereocenters. The molecule has 1 fully saturated rings. The Hall–Kier alpha value is -3.41. The quantitative estimate of drug-likeness (QED) is 0.728. The summed E-state index contributed by atoms with van der Waals surface area (Å²) in [6.07, 6.45) is 1.85. The Bertz CT molecular complexity index is 968. The maximum absolute atomic E-state index is 12.4. The van der Waals surface area contributed by atoms with E-state index in [0.717, 1.165) is 43.1 Å². The molecule has 4 rings (SSSR count). The van der Waals surface area contributed by atoms with Gasteiger partial charge >= 0.3 is 0 Å². The van der Waals surface area contributed by atoms with Crippen LogP contribution in [0.2, 0.25) is 0 Å². The number of nitrogens with zero attached hydrogens (tertiary/aromatic N) is 4. The fraction of sp³-hybridized carbons (Fsp3) is 0.261. The van der Waals surface area contributed by atoms with Crippen LogP contribution >= 0.6 is 0 Å². The van der Waals surface area contributed by atoms with E-state index < -0.39 is 0 Å². The molecule has 0 atom stereocenters. The molecule has 1 aromatic heterocycles. The summed E-state index contributed by atoms with van der Waals surface area (Å²) in [6.45, 7) is 5.65. The molecular weight excluding hydrogens is 362 g/mol. The average Bonchev–Trinajstić information content (AvgIpc) is 2.75. The van der Waals surface area contributed by atoms with Crippen LogP contribution in [0.25, 0.3) is 0 Å². The van der Waals surface area contributed by atoms with Crippen molar-refractivity contribution in [3.63, 3.8) is 0 Å². The van der Waals surface area contributed by atoms with Crippen molar-refractivity contribution in [3.05, 3.63) is 78.1 Å². The predicted octanol–water partition coefficient (Wildman–Crippen LogP) is 3.29. The summed E-state index contributed by atoms with van der Waals surface area (Å²) in [5, 5.41) is 2.90. The van der Waals surface area contributed by atoms with Gasteiger partial charge in [0.1, 0.15) is 18.0 Å².